The van der Waals surface area contributed by atoms with E-state index in [-0.39, 0.29) is 5.78 Å². The van der Waals surface area contributed by atoms with Gasteiger partial charge in [-0.1, -0.05) is 30.3 Å². The number of aliphatic hydroxyl groups is 1. The summed E-state index contributed by atoms with van der Waals surface area (Å²) >= 11 is 5.79. The molecule has 1 rings (SSSR count). The molecule has 0 fully saturated rings. The quantitative estimate of drug-likeness (QED) is 0.743. The summed E-state index contributed by atoms with van der Waals surface area (Å²) in [4.78, 5) is 10.8. The maximum Gasteiger partial charge on any atom is 0.152 e. The molecule has 0 spiro atoms. The first-order valence-corrected chi connectivity index (χ1v) is 4.29. The lowest BCUT2D eigenvalue weighted by Gasteiger charge is -2.03. The van der Waals surface area contributed by atoms with E-state index in [1.54, 1.807) is 0 Å². The SMILES string of the molecule is CC(=O)C(Cl)c1ccccc1.CO. The second-order valence-electron chi connectivity index (χ2n) is 2.38. The fraction of sp³-hybridized carbons (Fsp3) is 0.300. The first-order chi connectivity index (χ1) is 6.22. The van der Waals surface area contributed by atoms with Crippen LogP contribution in [0.15, 0.2) is 30.3 Å². The van der Waals surface area contributed by atoms with Gasteiger partial charge in [-0.05, 0) is 12.5 Å². The molecule has 0 bridgehead atoms. The second kappa shape index (κ2) is 6.63. The number of aliphatic hydroxyl groups excluding tert-OH is 1. The summed E-state index contributed by atoms with van der Waals surface area (Å²) < 4.78 is 0. The Labute approximate surface area is 83.2 Å². The van der Waals surface area contributed by atoms with Crippen molar-refractivity contribution in [1.29, 1.82) is 0 Å². The average molecular weight is 201 g/mol. The van der Waals surface area contributed by atoms with Gasteiger partial charge in [-0.25, -0.2) is 0 Å². The maximum absolute atomic E-state index is 10.8. The minimum atomic E-state index is -0.490. The number of carbonyl (C=O) groups is 1. The predicted octanol–water partition coefficient (Wildman–Crippen LogP) is 2.16. The van der Waals surface area contributed by atoms with Crippen LogP contribution in [0.5, 0.6) is 0 Å². The van der Waals surface area contributed by atoms with E-state index in [9.17, 15) is 4.79 Å². The van der Waals surface area contributed by atoms with E-state index in [0.29, 0.717) is 0 Å². The first-order valence-electron chi connectivity index (χ1n) is 3.86. The largest absolute Gasteiger partial charge is 0.400 e. The number of carbonyl (C=O) groups excluding carboxylic acids is 1. The highest BCUT2D eigenvalue weighted by molar-refractivity contribution is 6.30. The predicted molar refractivity (Wildman–Crippen MR) is 53.9 cm³/mol. The molecule has 1 atom stereocenters. The fourth-order valence-electron chi connectivity index (χ4n) is 0.857. The molecule has 1 N–H and O–H groups in total. The third-order valence-corrected chi connectivity index (χ3v) is 2.01. The van der Waals surface area contributed by atoms with Gasteiger partial charge in [0.2, 0.25) is 0 Å². The van der Waals surface area contributed by atoms with Gasteiger partial charge in [0, 0.05) is 7.11 Å². The van der Waals surface area contributed by atoms with Crippen LogP contribution < -0.4 is 0 Å². The van der Waals surface area contributed by atoms with Gasteiger partial charge in [-0.3, -0.25) is 4.79 Å². The van der Waals surface area contributed by atoms with E-state index in [1.165, 1.54) is 6.92 Å². The normalized spacial score (nSPS) is 11.1. The number of halogens is 1. The van der Waals surface area contributed by atoms with E-state index >= 15 is 0 Å². The van der Waals surface area contributed by atoms with Gasteiger partial charge in [0.1, 0.15) is 5.38 Å². The van der Waals surface area contributed by atoms with E-state index in [1.807, 2.05) is 30.3 Å². The molecular formula is C10H13ClO2. The van der Waals surface area contributed by atoms with Crippen LogP contribution in [0.25, 0.3) is 0 Å². The molecular weight excluding hydrogens is 188 g/mol. The van der Waals surface area contributed by atoms with Crippen LogP contribution in [-0.2, 0) is 4.79 Å². The van der Waals surface area contributed by atoms with Gasteiger partial charge in [0.15, 0.2) is 5.78 Å². The monoisotopic (exact) mass is 200 g/mol. The topological polar surface area (TPSA) is 37.3 Å². The smallest absolute Gasteiger partial charge is 0.152 e. The van der Waals surface area contributed by atoms with E-state index < -0.39 is 5.38 Å². The van der Waals surface area contributed by atoms with Crippen molar-refractivity contribution in [2.24, 2.45) is 0 Å². The van der Waals surface area contributed by atoms with Crippen LogP contribution in [0, 0.1) is 0 Å². The summed E-state index contributed by atoms with van der Waals surface area (Å²) in [5.41, 5.74) is 0.863. The van der Waals surface area contributed by atoms with E-state index in [4.69, 9.17) is 16.7 Å². The number of hydrogen-bond donors (Lipinski definition) is 1. The molecule has 3 heteroatoms. The highest BCUT2D eigenvalue weighted by Gasteiger charge is 2.11. The lowest BCUT2D eigenvalue weighted by atomic mass is 10.1. The lowest BCUT2D eigenvalue weighted by molar-refractivity contribution is -0.116. The molecule has 72 valence electrons. The van der Waals surface area contributed by atoms with Gasteiger partial charge in [-0.15, -0.1) is 11.6 Å². The summed E-state index contributed by atoms with van der Waals surface area (Å²) in [6.07, 6.45) is 0. The minimum Gasteiger partial charge on any atom is -0.400 e. The molecule has 0 heterocycles. The third kappa shape index (κ3) is 4.06. The van der Waals surface area contributed by atoms with Crippen LogP contribution >= 0.6 is 11.6 Å². The van der Waals surface area contributed by atoms with Crippen molar-refractivity contribution >= 4 is 17.4 Å². The second-order valence-corrected chi connectivity index (χ2v) is 2.82. The zero-order valence-electron chi connectivity index (χ0n) is 7.70. The molecule has 0 radical (unpaired) electrons. The summed E-state index contributed by atoms with van der Waals surface area (Å²) in [5.74, 6) is -0.0159. The number of benzene rings is 1. The Bertz CT molecular complexity index is 246. The Morgan fingerprint density at radius 1 is 1.31 bits per heavy atom. The third-order valence-electron chi connectivity index (χ3n) is 1.45. The summed E-state index contributed by atoms with van der Waals surface area (Å²) in [6.45, 7) is 1.49. The highest BCUT2D eigenvalue weighted by Crippen LogP contribution is 2.20. The molecule has 2 nitrogen and oxygen atoms in total. The van der Waals surface area contributed by atoms with Crippen molar-refractivity contribution in [2.45, 2.75) is 12.3 Å². The summed E-state index contributed by atoms with van der Waals surface area (Å²) in [6, 6.07) is 9.33. The molecule has 1 unspecified atom stereocenters. The molecule has 1 aromatic rings. The Morgan fingerprint density at radius 3 is 2.15 bits per heavy atom. The highest BCUT2D eigenvalue weighted by atomic mass is 35.5. The van der Waals surface area contributed by atoms with Crippen molar-refractivity contribution in [3.05, 3.63) is 35.9 Å². The number of ketones is 1. The van der Waals surface area contributed by atoms with Crippen molar-refractivity contribution in [3.63, 3.8) is 0 Å². The average Bonchev–Trinajstić information content (AvgIpc) is 2.21. The standard InChI is InChI=1S/C9H9ClO.CH4O/c1-7(11)9(10)8-5-3-2-4-6-8;1-2/h2-6,9H,1H3;2H,1H3. The van der Waals surface area contributed by atoms with Crippen LogP contribution in [0.4, 0.5) is 0 Å². The van der Waals surface area contributed by atoms with Crippen molar-refractivity contribution < 1.29 is 9.90 Å². The van der Waals surface area contributed by atoms with Gasteiger partial charge in [0.25, 0.3) is 0 Å². The molecule has 0 aromatic heterocycles. The first kappa shape index (κ1) is 12.1. The minimum absolute atomic E-state index is 0.0159. The molecule has 0 aliphatic heterocycles. The van der Waals surface area contributed by atoms with Gasteiger partial charge < -0.3 is 5.11 Å². The number of rotatable bonds is 2. The Morgan fingerprint density at radius 2 is 1.77 bits per heavy atom. The molecule has 13 heavy (non-hydrogen) atoms. The molecule has 0 amide bonds. The zero-order valence-corrected chi connectivity index (χ0v) is 8.45. The van der Waals surface area contributed by atoms with Gasteiger partial charge >= 0.3 is 0 Å². The molecule has 0 aliphatic rings. The molecule has 0 saturated heterocycles. The molecule has 0 aliphatic carbocycles. The van der Waals surface area contributed by atoms with Crippen LogP contribution in [0.2, 0.25) is 0 Å². The Hall–Kier alpha value is -0.860. The molecule has 0 saturated carbocycles. The number of hydrogen-bond acceptors (Lipinski definition) is 2. The maximum atomic E-state index is 10.8. The summed E-state index contributed by atoms with van der Waals surface area (Å²) in [7, 11) is 1.00. The van der Waals surface area contributed by atoms with Crippen molar-refractivity contribution in [2.75, 3.05) is 7.11 Å². The lowest BCUT2D eigenvalue weighted by Crippen LogP contribution is -2.00. The van der Waals surface area contributed by atoms with E-state index in [2.05, 4.69) is 0 Å². The number of alkyl halides is 1. The van der Waals surface area contributed by atoms with Crippen molar-refractivity contribution in [3.8, 4) is 0 Å². The molecule has 1 aromatic carbocycles. The van der Waals surface area contributed by atoms with Crippen LogP contribution in [-0.4, -0.2) is 18.0 Å². The van der Waals surface area contributed by atoms with Crippen molar-refractivity contribution in [1.82, 2.24) is 0 Å². The van der Waals surface area contributed by atoms with Crippen LogP contribution in [0.1, 0.15) is 17.9 Å². The fourth-order valence-corrected chi connectivity index (χ4v) is 1.00. The number of Topliss-reactive ketones (excluding diaryl/α,β-unsaturated/α-hetero) is 1. The van der Waals surface area contributed by atoms with Gasteiger partial charge in [0.05, 0.1) is 0 Å². The van der Waals surface area contributed by atoms with Gasteiger partial charge in [-0.2, -0.15) is 0 Å². The Kier molecular flexibility index (Phi) is 6.20. The Balaban J connectivity index is 0.000000671. The van der Waals surface area contributed by atoms with Crippen LogP contribution in [0.3, 0.4) is 0 Å². The van der Waals surface area contributed by atoms with E-state index in [0.717, 1.165) is 12.7 Å². The zero-order chi connectivity index (χ0) is 10.3. The summed E-state index contributed by atoms with van der Waals surface area (Å²) in [5, 5.41) is 6.51.